The molecule has 0 saturated carbocycles. The third-order valence-electron chi connectivity index (χ3n) is 6.52. The van der Waals surface area contributed by atoms with Crippen LogP contribution in [0.15, 0.2) is 12.3 Å². The summed E-state index contributed by atoms with van der Waals surface area (Å²) in [7, 11) is 0. The Morgan fingerprint density at radius 3 is 2.43 bits per heavy atom. The predicted molar refractivity (Wildman–Crippen MR) is 113 cm³/mol. The molecular weight excluding hydrogens is 370 g/mol. The molecule has 0 bridgehead atoms. The van der Waals surface area contributed by atoms with E-state index < -0.39 is 0 Å². The highest BCUT2D eigenvalue weighted by Crippen LogP contribution is 2.32. The Morgan fingerprint density at radius 2 is 1.68 bits per heavy atom. The smallest absolute Gasteiger partial charge is 0.272 e. The fourth-order valence-corrected chi connectivity index (χ4v) is 5.89. The van der Waals surface area contributed by atoms with E-state index in [2.05, 4.69) is 14.8 Å². The highest BCUT2D eigenvalue weighted by Gasteiger charge is 2.27. The number of anilines is 1. The van der Waals surface area contributed by atoms with Gasteiger partial charge in [-0.15, -0.1) is 0 Å². The Labute approximate surface area is 170 Å². The Hall–Kier alpha value is -1.73. The molecule has 7 heteroatoms. The highest BCUT2D eigenvalue weighted by molar-refractivity contribution is 7.22. The van der Waals surface area contributed by atoms with E-state index in [-0.39, 0.29) is 5.91 Å². The maximum atomic E-state index is 12.6. The molecule has 3 saturated heterocycles. The Morgan fingerprint density at radius 1 is 0.964 bits per heavy atom. The van der Waals surface area contributed by atoms with Crippen LogP contribution in [0.4, 0.5) is 5.13 Å². The minimum atomic E-state index is 0.0664. The van der Waals surface area contributed by atoms with E-state index in [1.807, 2.05) is 11.0 Å². The van der Waals surface area contributed by atoms with Crippen molar-refractivity contribution in [2.75, 3.05) is 44.2 Å². The first-order valence-electron chi connectivity index (χ1n) is 10.8. The summed E-state index contributed by atoms with van der Waals surface area (Å²) >= 11 is 1.71. The molecule has 0 atom stereocenters. The molecule has 0 N–H and O–H groups in total. The summed E-state index contributed by atoms with van der Waals surface area (Å²) in [5, 5.41) is 1.08. The lowest BCUT2D eigenvalue weighted by Crippen LogP contribution is -2.46. The summed E-state index contributed by atoms with van der Waals surface area (Å²) in [4.78, 5) is 28.9. The van der Waals surface area contributed by atoms with Crippen molar-refractivity contribution >= 4 is 32.6 Å². The number of piperidine rings is 2. The van der Waals surface area contributed by atoms with Gasteiger partial charge in [0.2, 0.25) is 0 Å². The second-order valence-electron chi connectivity index (χ2n) is 8.35. The number of amides is 1. The zero-order valence-electron chi connectivity index (χ0n) is 16.5. The van der Waals surface area contributed by atoms with Crippen LogP contribution in [0.1, 0.15) is 55.4 Å². The van der Waals surface area contributed by atoms with Gasteiger partial charge >= 0.3 is 0 Å². The molecule has 3 aliphatic rings. The molecule has 6 nitrogen and oxygen atoms in total. The number of fused-ring (bicyclic) bond motifs is 1. The van der Waals surface area contributed by atoms with Gasteiger partial charge < -0.3 is 14.7 Å². The number of nitrogens with zero attached hydrogens (tertiary/aromatic N) is 5. The van der Waals surface area contributed by atoms with Gasteiger partial charge in [-0.05, 0) is 57.7 Å². The van der Waals surface area contributed by atoms with Crippen molar-refractivity contribution in [1.29, 1.82) is 0 Å². The van der Waals surface area contributed by atoms with Crippen molar-refractivity contribution in [2.45, 2.75) is 51.0 Å². The van der Waals surface area contributed by atoms with Crippen molar-refractivity contribution < 1.29 is 4.79 Å². The average molecular weight is 400 g/mol. The van der Waals surface area contributed by atoms with Gasteiger partial charge in [-0.25, -0.2) is 9.97 Å². The maximum Gasteiger partial charge on any atom is 0.272 e. The van der Waals surface area contributed by atoms with Gasteiger partial charge in [0, 0.05) is 32.2 Å². The van der Waals surface area contributed by atoms with Crippen LogP contribution >= 0.6 is 11.3 Å². The molecule has 28 heavy (non-hydrogen) atoms. The van der Waals surface area contributed by atoms with Crippen molar-refractivity contribution in [1.82, 2.24) is 19.8 Å². The number of hydrogen-bond donors (Lipinski definition) is 0. The zero-order valence-corrected chi connectivity index (χ0v) is 17.3. The van der Waals surface area contributed by atoms with Crippen molar-refractivity contribution in [2.24, 2.45) is 0 Å². The summed E-state index contributed by atoms with van der Waals surface area (Å²) < 4.78 is 1.07. The normalized spacial score (nSPS) is 22.3. The predicted octanol–water partition coefficient (Wildman–Crippen LogP) is 3.38. The topological polar surface area (TPSA) is 52.6 Å². The summed E-state index contributed by atoms with van der Waals surface area (Å²) in [5.74, 6) is 0.0664. The minimum absolute atomic E-state index is 0.0664. The number of aromatic nitrogens is 2. The summed E-state index contributed by atoms with van der Waals surface area (Å²) in [6.07, 6.45) is 10.6. The molecule has 0 unspecified atom stereocenters. The molecule has 0 aromatic carbocycles. The third kappa shape index (κ3) is 3.62. The monoisotopic (exact) mass is 399 g/mol. The fourth-order valence-electron chi connectivity index (χ4n) is 4.86. The highest BCUT2D eigenvalue weighted by atomic mass is 32.1. The Balaban J connectivity index is 1.27. The number of carbonyl (C=O) groups excluding carboxylic acids is 1. The first-order valence-corrected chi connectivity index (χ1v) is 11.6. The quantitative estimate of drug-likeness (QED) is 0.792. The molecule has 3 aliphatic heterocycles. The van der Waals surface area contributed by atoms with E-state index in [0.717, 1.165) is 60.4 Å². The van der Waals surface area contributed by atoms with E-state index in [9.17, 15) is 4.79 Å². The molecular formula is C21H29N5OS. The number of likely N-dealkylation sites (tertiary alicyclic amines) is 2. The fraction of sp³-hybridized carbons (Fsp3) is 0.667. The van der Waals surface area contributed by atoms with E-state index in [0.29, 0.717) is 5.69 Å². The second-order valence-corrected chi connectivity index (χ2v) is 9.36. The SMILES string of the molecule is O=C(c1cc2sc(N3CCC(N4CCCCC4)CC3)nc2cn1)N1CCCC1. The average Bonchev–Trinajstić information content (AvgIpc) is 3.43. The molecule has 0 spiro atoms. The third-order valence-corrected chi connectivity index (χ3v) is 7.60. The summed E-state index contributed by atoms with van der Waals surface area (Å²) in [6, 6.07) is 2.69. The molecule has 150 valence electrons. The van der Waals surface area contributed by atoms with Gasteiger partial charge in [-0.2, -0.15) is 0 Å². The van der Waals surface area contributed by atoms with Crippen LogP contribution in [0.25, 0.3) is 10.2 Å². The molecule has 2 aromatic rings. The van der Waals surface area contributed by atoms with Crippen molar-refractivity contribution in [3.8, 4) is 0 Å². The van der Waals surface area contributed by atoms with Crippen LogP contribution in [-0.2, 0) is 0 Å². The van der Waals surface area contributed by atoms with Crippen LogP contribution in [0.3, 0.4) is 0 Å². The number of pyridine rings is 1. The Kier molecular flexibility index (Phi) is 5.20. The lowest BCUT2D eigenvalue weighted by Gasteiger charge is -2.40. The standard InChI is InChI=1S/C21H29N5OS/c27-20(25-10-4-5-11-25)17-14-19-18(15-22-17)23-21(28-19)26-12-6-16(7-13-26)24-8-2-1-3-9-24/h14-16H,1-13H2. The first kappa shape index (κ1) is 18.3. The molecule has 2 aromatic heterocycles. The van der Waals surface area contributed by atoms with Crippen molar-refractivity contribution in [3.63, 3.8) is 0 Å². The number of carbonyl (C=O) groups is 1. The molecule has 5 heterocycles. The minimum Gasteiger partial charge on any atom is -0.348 e. The molecule has 1 amide bonds. The zero-order chi connectivity index (χ0) is 18.9. The maximum absolute atomic E-state index is 12.6. The van der Waals surface area contributed by atoms with Gasteiger partial charge in [0.15, 0.2) is 5.13 Å². The first-order chi connectivity index (χ1) is 13.8. The largest absolute Gasteiger partial charge is 0.348 e. The Bertz CT molecular complexity index is 832. The van der Waals surface area contributed by atoms with Crippen LogP contribution in [0, 0.1) is 0 Å². The summed E-state index contributed by atoms with van der Waals surface area (Å²) in [5.41, 5.74) is 1.48. The van der Waals surface area contributed by atoms with Crippen LogP contribution < -0.4 is 4.90 Å². The number of rotatable bonds is 3. The van der Waals surface area contributed by atoms with E-state index in [4.69, 9.17) is 4.98 Å². The molecule has 0 aliphatic carbocycles. The van der Waals surface area contributed by atoms with E-state index in [1.54, 1.807) is 17.5 Å². The van der Waals surface area contributed by atoms with Crippen LogP contribution in [0.5, 0.6) is 0 Å². The van der Waals surface area contributed by atoms with Gasteiger partial charge in [0.1, 0.15) is 11.2 Å². The summed E-state index contributed by atoms with van der Waals surface area (Å²) in [6.45, 7) is 6.44. The van der Waals surface area contributed by atoms with Gasteiger partial charge in [0.25, 0.3) is 5.91 Å². The molecule has 0 radical (unpaired) electrons. The molecule has 3 fully saturated rings. The van der Waals surface area contributed by atoms with Crippen LogP contribution in [0.2, 0.25) is 0 Å². The number of thiazole rings is 1. The lowest BCUT2D eigenvalue weighted by atomic mass is 10.0. The van der Waals surface area contributed by atoms with E-state index in [1.165, 1.54) is 45.2 Å². The van der Waals surface area contributed by atoms with Crippen molar-refractivity contribution in [3.05, 3.63) is 18.0 Å². The van der Waals surface area contributed by atoms with Gasteiger partial charge in [0.05, 0.1) is 10.9 Å². The lowest BCUT2D eigenvalue weighted by molar-refractivity contribution is 0.0787. The second kappa shape index (κ2) is 7.95. The van der Waals surface area contributed by atoms with E-state index >= 15 is 0 Å². The van der Waals surface area contributed by atoms with Crippen LogP contribution in [-0.4, -0.2) is 71.0 Å². The number of hydrogen-bond acceptors (Lipinski definition) is 6. The van der Waals surface area contributed by atoms with Gasteiger partial charge in [-0.1, -0.05) is 17.8 Å². The van der Waals surface area contributed by atoms with Gasteiger partial charge in [-0.3, -0.25) is 4.79 Å². The molecule has 5 rings (SSSR count).